The first-order valence-electron chi connectivity index (χ1n) is 9.39. The number of carbonyl (C=O) groups is 2. The highest BCUT2D eigenvalue weighted by atomic mass is 32.2. The fourth-order valence-corrected chi connectivity index (χ4v) is 4.16. The third kappa shape index (κ3) is 4.62. The zero-order valence-corrected chi connectivity index (χ0v) is 17.4. The molecule has 0 spiro atoms. The molecule has 0 unspecified atom stereocenters. The number of nitrogens with zero attached hydrogens (tertiary/aromatic N) is 1. The first-order chi connectivity index (χ1) is 13.4. The van der Waals surface area contributed by atoms with Gasteiger partial charge in [0.25, 0.3) is 0 Å². The fourth-order valence-electron chi connectivity index (χ4n) is 3.18. The third-order valence-electron chi connectivity index (χ3n) is 4.72. The van der Waals surface area contributed by atoms with Crippen molar-refractivity contribution in [3.8, 4) is 0 Å². The van der Waals surface area contributed by atoms with Gasteiger partial charge in [-0.2, -0.15) is 0 Å². The van der Waals surface area contributed by atoms with Crippen molar-refractivity contribution in [3.63, 3.8) is 0 Å². The summed E-state index contributed by atoms with van der Waals surface area (Å²) in [5.41, 5.74) is 6.03. The number of aliphatic imine (C=N–C) groups is 1. The highest BCUT2D eigenvalue weighted by Crippen LogP contribution is 2.30. The molecule has 1 atom stereocenters. The van der Waals surface area contributed by atoms with E-state index in [1.165, 1.54) is 11.8 Å². The largest absolute Gasteiger partial charge is 0.326 e. The lowest BCUT2D eigenvalue weighted by molar-refractivity contribution is -0.122. The lowest BCUT2D eigenvalue weighted by Crippen LogP contribution is -2.28. The van der Waals surface area contributed by atoms with Crippen molar-refractivity contribution in [2.24, 2.45) is 4.99 Å². The number of rotatable bonds is 5. The maximum Gasteiger partial charge on any atom is 0.240 e. The molecule has 1 fully saturated rings. The average molecular weight is 396 g/mol. The molecule has 6 heteroatoms. The van der Waals surface area contributed by atoms with Crippen molar-refractivity contribution < 1.29 is 9.59 Å². The van der Waals surface area contributed by atoms with E-state index < -0.39 is 5.25 Å². The summed E-state index contributed by atoms with van der Waals surface area (Å²) in [5.74, 6) is -0.350. The lowest BCUT2D eigenvalue weighted by atomic mass is 10.1. The molecule has 2 N–H and O–H groups in total. The summed E-state index contributed by atoms with van der Waals surface area (Å²) in [5, 5.41) is 5.80. The van der Waals surface area contributed by atoms with Crippen molar-refractivity contribution in [1.29, 1.82) is 0 Å². The molecule has 0 bridgehead atoms. The molecule has 0 aliphatic carbocycles. The maximum absolute atomic E-state index is 12.4. The summed E-state index contributed by atoms with van der Waals surface area (Å²) < 4.78 is 0. The van der Waals surface area contributed by atoms with Crippen LogP contribution in [0.2, 0.25) is 0 Å². The number of amidine groups is 1. The van der Waals surface area contributed by atoms with Gasteiger partial charge in [0.2, 0.25) is 11.8 Å². The molecule has 28 heavy (non-hydrogen) atoms. The predicted molar refractivity (Wildman–Crippen MR) is 116 cm³/mol. The normalized spacial score (nSPS) is 17.6. The SMILES string of the molecule is CCc1cccc(C)c1N=C1NC(=O)[C@H](CC(=O)Nc2ccc(C)cc2C)S1. The molecular weight excluding hydrogens is 370 g/mol. The Hall–Kier alpha value is -2.60. The van der Waals surface area contributed by atoms with E-state index in [4.69, 9.17) is 0 Å². The Kier molecular flexibility index (Phi) is 6.19. The highest BCUT2D eigenvalue weighted by molar-refractivity contribution is 8.15. The first kappa shape index (κ1) is 20.1. The Morgan fingerprint density at radius 2 is 1.96 bits per heavy atom. The van der Waals surface area contributed by atoms with Crippen molar-refractivity contribution in [2.45, 2.75) is 45.8 Å². The van der Waals surface area contributed by atoms with Gasteiger partial charge >= 0.3 is 0 Å². The Balaban J connectivity index is 1.69. The first-order valence-corrected chi connectivity index (χ1v) is 10.3. The Morgan fingerprint density at radius 3 is 2.68 bits per heavy atom. The van der Waals surface area contributed by atoms with E-state index in [0.717, 1.165) is 40.0 Å². The number of anilines is 1. The van der Waals surface area contributed by atoms with E-state index in [2.05, 4.69) is 22.5 Å². The van der Waals surface area contributed by atoms with Crippen LogP contribution in [0, 0.1) is 20.8 Å². The number of para-hydroxylation sites is 1. The van der Waals surface area contributed by atoms with Gasteiger partial charge in [0, 0.05) is 12.1 Å². The molecule has 2 aromatic rings. The van der Waals surface area contributed by atoms with E-state index in [-0.39, 0.29) is 18.2 Å². The Morgan fingerprint density at radius 1 is 1.18 bits per heavy atom. The van der Waals surface area contributed by atoms with Crippen LogP contribution in [0.4, 0.5) is 11.4 Å². The van der Waals surface area contributed by atoms with Crippen LogP contribution in [0.3, 0.4) is 0 Å². The van der Waals surface area contributed by atoms with Crippen LogP contribution in [0.25, 0.3) is 0 Å². The molecular formula is C22H25N3O2S. The second-order valence-electron chi connectivity index (χ2n) is 7.02. The van der Waals surface area contributed by atoms with Crippen LogP contribution in [0.1, 0.15) is 35.6 Å². The van der Waals surface area contributed by atoms with Gasteiger partial charge in [-0.05, 0) is 49.9 Å². The highest BCUT2D eigenvalue weighted by Gasteiger charge is 2.32. The van der Waals surface area contributed by atoms with Gasteiger partial charge < -0.3 is 10.6 Å². The van der Waals surface area contributed by atoms with Gasteiger partial charge in [-0.1, -0.05) is 54.6 Å². The van der Waals surface area contributed by atoms with Gasteiger partial charge in [-0.25, -0.2) is 4.99 Å². The molecule has 0 saturated carbocycles. The molecule has 0 aromatic heterocycles. The summed E-state index contributed by atoms with van der Waals surface area (Å²) in [6, 6.07) is 11.9. The smallest absolute Gasteiger partial charge is 0.240 e. The standard InChI is InChI=1S/C22H25N3O2S/c1-5-16-8-6-7-14(3)20(16)24-22-25-21(27)18(28-22)12-19(26)23-17-10-9-13(2)11-15(17)4/h6-11,18H,5,12H2,1-4H3,(H,23,26)(H,24,25,27)/t18-/m0/s1. The Bertz CT molecular complexity index is 953. The zero-order chi connectivity index (χ0) is 20.3. The second kappa shape index (κ2) is 8.61. The topological polar surface area (TPSA) is 70.6 Å². The quantitative estimate of drug-likeness (QED) is 0.787. The molecule has 2 aromatic carbocycles. The van der Waals surface area contributed by atoms with E-state index in [9.17, 15) is 9.59 Å². The number of hydrogen-bond donors (Lipinski definition) is 2. The molecule has 1 saturated heterocycles. The van der Waals surface area contributed by atoms with Crippen LogP contribution in [-0.2, 0) is 16.0 Å². The van der Waals surface area contributed by atoms with Gasteiger partial charge in [0.05, 0.1) is 5.69 Å². The molecule has 1 heterocycles. The van der Waals surface area contributed by atoms with E-state index in [1.807, 2.05) is 57.2 Å². The summed E-state index contributed by atoms with van der Waals surface area (Å²) in [6.07, 6.45) is 0.978. The predicted octanol–water partition coefficient (Wildman–Crippen LogP) is 4.42. The Labute approximate surface area is 170 Å². The van der Waals surface area contributed by atoms with Gasteiger partial charge in [0.1, 0.15) is 5.25 Å². The van der Waals surface area contributed by atoms with Gasteiger partial charge in [0.15, 0.2) is 5.17 Å². The molecule has 2 amide bonds. The summed E-state index contributed by atoms with van der Waals surface area (Å²) >= 11 is 1.32. The van der Waals surface area contributed by atoms with Crippen LogP contribution < -0.4 is 10.6 Å². The lowest BCUT2D eigenvalue weighted by Gasteiger charge is -2.10. The third-order valence-corrected chi connectivity index (χ3v) is 5.80. The second-order valence-corrected chi connectivity index (χ2v) is 8.21. The molecule has 5 nitrogen and oxygen atoms in total. The van der Waals surface area contributed by atoms with Crippen molar-refractivity contribution >= 4 is 40.1 Å². The average Bonchev–Trinajstić information content (AvgIpc) is 2.98. The zero-order valence-electron chi connectivity index (χ0n) is 16.6. The maximum atomic E-state index is 12.4. The van der Waals surface area contributed by atoms with Crippen LogP contribution in [0.5, 0.6) is 0 Å². The van der Waals surface area contributed by atoms with Crippen molar-refractivity contribution in [1.82, 2.24) is 5.32 Å². The van der Waals surface area contributed by atoms with E-state index in [1.54, 1.807) is 0 Å². The van der Waals surface area contributed by atoms with E-state index >= 15 is 0 Å². The molecule has 146 valence electrons. The molecule has 1 aliphatic rings. The summed E-state index contributed by atoms with van der Waals surface area (Å²) in [4.78, 5) is 29.4. The number of nitrogens with one attached hydrogen (secondary N) is 2. The van der Waals surface area contributed by atoms with Crippen molar-refractivity contribution in [3.05, 3.63) is 58.7 Å². The molecule has 1 aliphatic heterocycles. The number of thioether (sulfide) groups is 1. The summed E-state index contributed by atoms with van der Waals surface area (Å²) in [6.45, 7) is 8.06. The van der Waals surface area contributed by atoms with Gasteiger partial charge in [-0.3, -0.25) is 9.59 Å². The van der Waals surface area contributed by atoms with Gasteiger partial charge in [-0.15, -0.1) is 0 Å². The number of amides is 2. The monoisotopic (exact) mass is 395 g/mol. The number of carbonyl (C=O) groups excluding carboxylic acids is 2. The fraction of sp³-hybridized carbons (Fsp3) is 0.318. The minimum Gasteiger partial charge on any atom is -0.326 e. The molecule has 3 rings (SSSR count). The number of aryl methyl sites for hydroxylation is 4. The number of hydrogen-bond acceptors (Lipinski definition) is 4. The molecule has 0 radical (unpaired) electrons. The minimum absolute atomic E-state index is 0.108. The van der Waals surface area contributed by atoms with Crippen molar-refractivity contribution in [2.75, 3.05) is 5.32 Å². The van der Waals surface area contributed by atoms with Crippen LogP contribution >= 0.6 is 11.8 Å². The van der Waals surface area contributed by atoms with Crippen LogP contribution in [0.15, 0.2) is 41.4 Å². The minimum atomic E-state index is -0.474. The van der Waals surface area contributed by atoms with E-state index in [0.29, 0.717) is 5.17 Å². The number of benzene rings is 2. The van der Waals surface area contributed by atoms with Crippen LogP contribution in [-0.4, -0.2) is 22.2 Å². The summed E-state index contributed by atoms with van der Waals surface area (Å²) in [7, 11) is 0.